The Morgan fingerprint density at radius 1 is 1.38 bits per heavy atom. The second-order valence-corrected chi connectivity index (χ2v) is 4.13. The lowest BCUT2D eigenvalue weighted by molar-refractivity contribution is -0.136. The molecule has 0 aliphatic heterocycles. The smallest absolute Gasteiger partial charge is 0.418 e. The minimum absolute atomic E-state index is 0.154. The Hall–Kier alpha value is -3.23. The number of nitrogens with one attached hydrogen (secondary N) is 2. The van der Waals surface area contributed by atoms with Crippen molar-refractivity contribution in [2.45, 2.75) is 12.8 Å². The molecular weight excluding hydrogens is 339 g/mol. The molecule has 1 heterocycles. The van der Waals surface area contributed by atoms with E-state index in [0.29, 0.717) is 6.07 Å². The SMILES string of the molecule is N#CC(=CNc1cc(OC(F)F)ccc1C(F)(F)F)c1nn[nH]n1. The van der Waals surface area contributed by atoms with E-state index in [9.17, 15) is 22.0 Å². The number of nitriles is 1. The van der Waals surface area contributed by atoms with Crippen molar-refractivity contribution in [3.05, 3.63) is 35.8 Å². The molecule has 0 saturated heterocycles. The second kappa shape index (κ2) is 6.90. The minimum Gasteiger partial charge on any atom is -0.435 e. The van der Waals surface area contributed by atoms with Crippen molar-refractivity contribution in [3.8, 4) is 11.8 Å². The van der Waals surface area contributed by atoms with E-state index in [-0.39, 0.29) is 11.4 Å². The molecule has 0 unspecified atom stereocenters. The van der Waals surface area contributed by atoms with Gasteiger partial charge in [-0.05, 0) is 17.3 Å². The lowest BCUT2D eigenvalue weighted by Crippen LogP contribution is -2.10. The van der Waals surface area contributed by atoms with E-state index in [1.54, 1.807) is 6.07 Å². The Labute approximate surface area is 130 Å². The first kappa shape index (κ1) is 17.1. The summed E-state index contributed by atoms with van der Waals surface area (Å²) >= 11 is 0. The molecule has 0 fully saturated rings. The molecule has 0 radical (unpaired) electrons. The maximum absolute atomic E-state index is 13.0. The highest BCUT2D eigenvalue weighted by molar-refractivity contribution is 5.74. The number of nitrogens with zero attached hydrogens (tertiary/aromatic N) is 4. The van der Waals surface area contributed by atoms with Gasteiger partial charge in [0.1, 0.15) is 17.4 Å². The van der Waals surface area contributed by atoms with Crippen LogP contribution in [0.1, 0.15) is 11.4 Å². The molecule has 0 aliphatic rings. The van der Waals surface area contributed by atoms with Gasteiger partial charge in [0.05, 0.1) is 11.3 Å². The van der Waals surface area contributed by atoms with Gasteiger partial charge < -0.3 is 10.1 Å². The van der Waals surface area contributed by atoms with E-state index in [4.69, 9.17) is 5.26 Å². The summed E-state index contributed by atoms with van der Waals surface area (Å²) in [4.78, 5) is 0. The van der Waals surface area contributed by atoms with Gasteiger partial charge in [-0.2, -0.15) is 32.4 Å². The molecule has 0 atom stereocenters. The Balaban J connectivity index is 2.37. The maximum atomic E-state index is 13.0. The van der Waals surface area contributed by atoms with Crippen molar-refractivity contribution in [2.75, 3.05) is 5.32 Å². The van der Waals surface area contributed by atoms with Gasteiger partial charge >= 0.3 is 12.8 Å². The Bertz CT molecular complexity index is 765. The highest BCUT2D eigenvalue weighted by Gasteiger charge is 2.33. The number of H-pyrrole nitrogens is 1. The molecule has 2 aromatic rings. The van der Waals surface area contributed by atoms with Crippen LogP contribution >= 0.6 is 0 Å². The van der Waals surface area contributed by atoms with Crippen molar-refractivity contribution in [2.24, 2.45) is 0 Å². The van der Waals surface area contributed by atoms with Crippen LogP contribution in [0.3, 0.4) is 0 Å². The van der Waals surface area contributed by atoms with E-state index in [2.05, 4.69) is 30.7 Å². The summed E-state index contributed by atoms with van der Waals surface area (Å²) in [6.07, 6.45) is -3.86. The Morgan fingerprint density at radius 3 is 2.67 bits per heavy atom. The minimum atomic E-state index is -4.75. The number of tetrazole rings is 1. The topological polar surface area (TPSA) is 99.5 Å². The van der Waals surface area contributed by atoms with Gasteiger partial charge in [-0.25, -0.2) is 0 Å². The van der Waals surface area contributed by atoms with E-state index < -0.39 is 29.8 Å². The van der Waals surface area contributed by atoms with Crippen molar-refractivity contribution < 1.29 is 26.7 Å². The normalized spacial score (nSPS) is 12.1. The molecule has 1 aromatic carbocycles. The van der Waals surface area contributed by atoms with E-state index >= 15 is 0 Å². The van der Waals surface area contributed by atoms with E-state index in [1.807, 2.05) is 0 Å². The van der Waals surface area contributed by atoms with Crippen LogP contribution in [-0.4, -0.2) is 27.2 Å². The quantitative estimate of drug-likeness (QED) is 0.638. The number of alkyl halides is 5. The molecule has 1 aromatic heterocycles. The third-order valence-electron chi connectivity index (χ3n) is 2.60. The first-order valence-corrected chi connectivity index (χ1v) is 6.08. The summed E-state index contributed by atoms with van der Waals surface area (Å²) in [6, 6.07) is 3.73. The van der Waals surface area contributed by atoms with Crippen LogP contribution in [0.2, 0.25) is 0 Å². The highest BCUT2D eigenvalue weighted by atomic mass is 19.4. The number of aromatic nitrogens is 4. The summed E-state index contributed by atoms with van der Waals surface area (Å²) in [6.45, 7) is -3.20. The lowest BCUT2D eigenvalue weighted by atomic mass is 10.1. The molecule has 0 aliphatic carbocycles. The van der Waals surface area contributed by atoms with Gasteiger partial charge in [-0.1, -0.05) is 0 Å². The molecule has 126 valence electrons. The fourth-order valence-corrected chi connectivity index (χ4v) is 1.64. The van der Waals surface area contributed by atoms with E-state index in [1.165, 1.54) is 0 Å². The molecule has 7 nitrogen and oxygen atoms in total. The van der Waals surface area contributed by atoms with Gasteiger partial charge in [0.25, 0.3) is 0 Å². The third kappa shape index (κ3) is 4.15. The van der Waals surface area contributed by atoms with Crippen molar-refractivity contribution in [1.82, 2.24) is 20.6 Å². The van der Waals surface area contributed by atoms with Crippen LogP contribution in [-0.2, 0) is 6.18 Å². The van der Waals surface area contributed by atoms with Crippen LogP contribution in [0.5, 0.6) is 5.75 Å². The summed E-state index contributed by atoms with van der Waals surface area (Å²) < 4.78 is 67.4. The van der Waals surface area contributed by atoms with Crippen LogP contribution in [0.4, 0.5) is 27.6 Å². The first-order valence-electron chi connectivity index (χ1n) is 6.08. The van der Waals surface area contributed by atoms with Gasteiger partial charge in [-0.15, -0.1) is 10.2 Å². The number of benzene rings is 1. The Kier molecular flexibility index (Phi) is 4.93. The molecule has 2 rings (SSSR count). The fraction of sp³-hybridized carbons (Fsp3) is 0.167. The predicted molar refractivity (Wildman–Crippen MR) is 69.5 cm³/mol. The number of rotatable bonds is 5. The van der Waals surface area contributed by atoms with Gasteiger partial charge in [0, 0.05) is 12.3 Å². The average Bonchev–Trinajstić information content (AvgIpc) is 3.00. The molecule has 12 heteroatoms. The van der Waals surface area contributed by atoms with Crippen LogP contribution in [0, 0.1) is 11.3 Å². The molecular formula is C12H7F5N6O. The zero-order chi connectivity index (χ0) is 17.7. The molecule has 0 bridgehead atoms. The van der Waals surface area contributed by atoms with Crippen LogP contribution in [0.25, 0.3) is 5.57 Å². The average molecular weight is 346 g/mol. The molecule has 2 N–H and O–H groups in total. The number of halogens is 5. The fourth-order valence-electron chi connectivity index (χ4n) is 1.64. The van der Waals surface area contributed by atoms with Gasteiger partial charge in [-0.3, -0.25) is 0 Å². The lowest BCUT2D eigenvalue weighted by Gasteiger charge is -2.14. The maximum Gasteiger partial charge on any atom is 0.418 e. The molecule has 0 spiro atoms. The van der Waals surface area contributed by atoms with Gasteiger partial charge in [0.2, 0.25) is 5.82 Å². The number of aromatic amines is 1. The summed E-state index contributed by atoms with van der Waals surface area (Å²) in [5, 5.41) is 23.5. The summed E-state index contributed by atoms with van der Waals surface area (Å²) in [7, 11) is 0. The first-order chi connectivity index (χ1) is 11.3. The Morgan fingerprint density at radius 2 is 2.12 bits per heavy atom. The van der Waals surface area contributed by atoms with Crippen LogP contribution < -0.4 is 10.1 Å². The number of allylic oxidation sites excluding steroid dienone is 1. The molecule has 0 amide bonds. The number of anilines is 1. The highest BCUT2D eigenvalue weighted by Crippen LogP contribution is 2.37. The standard InChI is InChI=1S/C12H7F5N6O/c13-11(14)24-7-1-2-8(12(15,16)17)9(3-7)19-5-6(4-18)10-20-22-23-21-10/h1-3,5,11,19H,(H,20,21,22,23). The summed E-state index contributed by atoms with van der Waals surface area (Å²) in [5.74, 6) is -0.634. The second-order valence-electron chi connectivity index (χ2n) is 4.13. The van der Waals surface area contributed by atoms with Gasteiger partial charge in [0.15, 0.2) is 0 Å². The summed E-state index contributed by atoms with van der Waals surface area (Å²) in [5.41, 5.74) is -1.94. The largest absolute Gasteiger partial charge is 0.435 e. The molecule has 24 heavy (non-hydrogen) atoms. The van der Waals surface area contributed by atoms with Crippen molar-refractivity contribution >= 4 is 11.3 Å². The molecule has 0 saturated carbocycles. The van der Waals surface area contributed by atoms with Crippen LogP contribution in [0.15, 0.2) is 24.4 Å². The van der Waals surface area contributed by atoms with E-state index in [0.717, 1.165) is 18.3 Å². The van der Waals surface area contributed by atoms with Crippen molar-refractivity contribution in [3.63, 3.8) is 0 Å². The zero-order valence-corrected chi connectivity index (χ0v) is 11.5. The number of hydrogen-bond donors (Lipinski definition) is 2. The zero-order valence-electron chi connectivity index (χ0n) is 11.5. The number of ether oxygens (including phenoxy) is 1. The number of hydrogen-bond acceptors (Lipinski definition) is 6. The third-order valence-corrected chi connectivity index (χ3v) is 2.60. The van der Waals surface area contributed by atoms with Crippen molar-refractivity contribution in [1.29, 1.82) is 5.26 Å². The predicted octanol–water partition coefficient (Wildman–Crippen LogP) is 2.80. The monoisotopic (exact) mass is 346 g/mol.